The molecule has 1 unspecified atom stereocenters. The number of amides is 3. The number of hydrogen-bond acceptors (Lipinski definition) is 8. The van der Waals surface area contributed by atoms with Gasteiger partial charge in [0.25, 0.3) is 0 Å². The first-order valence-corrected chi connectivity index (χ1v) is 16.2. The average Bonchev–Trinajstić information content (AvgIpc) is 2.99. The number of carbonyl (C=O) groups is 4. The molecule has 1 fully saturated rings. The summed E-state index contributed by atoms with van der Waals surface area (Å²) >= 11 is 0. The number of rotatable bonds is 15. The largest absolute Gasteiger partial charge is 0.461 e. The number of sulfonamides is 1. The third-order valence-corrected chi connectivity index (χ3v) is 8.89. The molecule has 5 N–H and O–H groups in total. The molecule has 44 heavy (non-hydrogen) atoms. The van der Waals surface area contributed by atoms with Gasteiger partial charge in [0.15, 0.2) is 0 Å². The maximum Gasteiger partial charge on any atom is 0.306 e. The third kappa shape index (κ3) is 10.7. The van der Waals surface area contributed by atoms with Gasteiger partial charge in [0.2, 0.25) is 27.7 Å². The predicted molar refractivity (Wildman–Crippen MR) is 162 cm³/mol. The topological polar surface area (TPSA) is 183 Å². The number of ether oxygens (including phenoxy) is 2. The molecule has 0 aromatic heterocycles. The van der Waals surface area contributed by atoms with Crippen LogP contribution in [-0.2, 0) is 45.3 Å². The van der Waals surface area contributed by atoms with Crippen molar-refractivity contribution >= 4 is 33.7 Å². The van der Waals surface area contributed by atoms with E-state index in [4.69, 9.17) is 15.2 Å². The fourth-order valence-electron chi connectivity index (χ4n) is 4.75. The normalized spacial score (nSPS) is 18.8. The molecule has 0 spiro atoms. The van der Waals surface area contributed by atoms with Gasteiger partial charge in [-0.25, -0.2) is 13.1 Å². The van der Waals surface area contributed by atoms with Crippen LogP contribution in [0.4, 0.5) is 0 Å². The summed E-state index contributed by atoms with van der Waals surface area (Å²) in [6.45, 7) is 4.91. The van der Waals surface area contributed by atoms with Crippen LogP contribution in [0.25, 0.3) is 0 Å². The number of hydrogen-bond donors (Lipinski definition) is 4. The molecule has 13 heteroatoms. The summed E-state index contributed by atoms with van der Waals surface area (Å²) < 4.78 is 39.8. The monoisotopic (exact) mass is 630 g/mol. The van der Waals surface area contributed by atoms with E-state index in [0.717, 1.165) is 24.0 Å². The standard InChI is InChI=1S/C31H42N4O8S/c1-20-13-15-24(16-14-20)44(40,41)35-25-11-7-8-12-27(25)43-22(3)31(39)33-21(2)30(38)34-26(29(32)37)17-18-28(36)42-19-23-9-5-4-6-10-23/h4-6,9-10,13-16,21-22,25-27,35H,7-8,11-12,17-19H2,1-3H3,(H2,32,37)(H,33,39)(H,34,38)/t21-,22?,25+,26+,27+/m0/s1. The van der Waals surface area contributed by atoms with Crippen LogP contribution in [0.1, 0.15) is 63.5 Å². The molecule has 0 saturated heterocycles. The molecule has 0 radical (unpaired) electrons. The first-order valence-electron chi connectivity index (χ1n) is 14.7. The Morgan fingerprint density at radius 2 is 1.59 bits per heavy atom. The Balaban J connectivity index is 1.48. The van der Waals surface area contributed by atoms with E-state index in [-0.39, 0.29) is 24.3 Å². The van der Waals surface area contributed by atoms with Crippen LogP contribution < -0.4 is 21.1 Å². The van der Waals surface area contributed by atoms with E-state index in [9.17, 15) is 27.6 Å². The van der Waals surface area contributed by atoms with Crippen molar-refractivity contribution in [2.45, 2.75) is 101 Å². The molecule has 3 rings (SSSR count). The van der Waals surface area contributed by atoms with Crippen molar-refractivity contribution in [2.75, 3.05) is 0 Å². The van der Waals surface area contributed by atoms with E-state index >= 15 is 0 Å². The maximum atomic E-state index is 13.0. The second-order valence-electron chi connectivity index (χ2n) is 11.0. The second-order valence-corrected chi connectivity index (χ2v) is 12.7. The molecule has 5 atom stereocenters. The van der Waals surface area contributed by atoms with Gasteiger partial charge in [-0.1, -0.05) is 60.9 Å². The lowest BCUT2D eigenvalue weighted by molar-refractivity contribution is -0.145. The van der Waals surface area contributed by atoms with Gasteiger partial charge in [0, 0.05) is 12.5 Å². The lowest BCUT2D eigenvalue weighted by Gasteiger charge is -2.33. The van der Waals surface area contributed by atoms with Crippen molar-refractivity contribution < 1.29 is 37.1 Å². The Kier molecular flexibility index (Phi) is 12.9. The van der Waals surface area contributed by atoms with E-state index in [2.05, 4.69) is 15.4 Å². The van der Waals surface area contributed by atoms with Crippen LogP contribution in [0.5, 0.6) is 0 Å². The molecule has 240 valence electrons. The molecule has 1 saturated carbocycles. The lowest BCUT2D eigenvalue weighted by atomic mass is 9.93. The highest BCUT2D eigenvalue weighted by Crippen LogP contribution is 2.24. The number of nitrogens with two attached hydrogens (primary N) is 1. The predicted octanol–water partition coefficient (Wildman–Crippen LogP) is 1.99. The minimum absolute atomic E-state index is 0.0730. The zero-order chi connectivity index (χ0) is 32.3. The first kappa shape index (κ1) is 34.7. The summed E-state index contributed by atoms with van der Waals surface area (Å²) in [5, 5.41) is 5.02. The lowest BCUT2D eigenvalue weighted by Crippen LogP contribution is -2.54. The van der Waals surface area contributed by atoms with Gasteiger partial charge in [0.1, 0.15) is 24.8 Å². The SMILES string of the molecule is Cc1ccc(S(=O)(=O)N[C@@H]2CCCC[C@H]2OC(C)C(=O)N[C@@H](C)C(=O)N[C@H](CCC(=O)OCc2ccccc2)C(N)=O)cc1. The van der Waals surface area contributed by atoms with Crippen molar-refractivity contribution in [3.05, 3.63) is 65.7 Å². The number of carbonyl (C=O) groups excluding carboxylic acids is 4. The van der Waals surface area contributed by atoms with Crippen molar-refractivity contribution in [3.63, 3.8) is 0 Å². The summed E-state index contributed by atoms with van der Waals surface area (Å²) in [5.41, 5.74) is 7.18. The summed E-state index contributed by atoms with van der Waals surface area (Å²) in [6.07, 6.45) is 0.971. The average molecular weight is 631 g/mol. The van der Waals surface area contributed by atoms with Crippen molar-refractivity contribution in [2.24, 2.45) is 5.73 Å². The minimum atomic E-state index is -3.79. The highest BCUT2D eigenvalue weighted by atomic mass is 32.2. The quantitative estimate of drug-likeness (QED) is 0.215. The molecule has 1 aliphatic carbocycles. The Bertz CT molecular complexity index is 1390. The number of nitrogens with one attached hydrogen (secondary N) is 3. The first-order chi connectivity index (χ1) is 20.9. The summed E-state index contributed by atoms with van der Waals surface area (Å²) in [6, 6.07) is 12.9. The molecular formula is C31H42N4O8S. The zero-order valence-electron chi connectivity index (χ0n) is 25.3. The van der Waals surface area contributed by atoms with E-state index in [0.29, 0.717) is 12.8 Å². The van der Waals surface area contributed by atoms with Crippen LogP contribution in [-0.4, -0.2) is 62.4 Å². The number of primary amides is 1. The highest BCUT2D eigenvalue weighted by molar-refractivity contribution is 7.89. The highest BCUT2D eigenvalue weighted by Gasteiger charge is 2.33. The van der Waals surface area contributed by atoms with Gasteiger partial charge in [0.05, 0.1) is 11.0 Å². The van der Waals surface area contributed by atoms with Gasteiger partial charge < -0.3 is 25.8 Å². The van der Waals surface area contributed by atoms with Crippen molar-refractivity contribution in [1.29, 1.82) is 0 Å². The van der Waals surface area contributed by atoms with E-state index in [1.807, 2.05) is 37.3 Å². The molecule has 2 aromatic rings. The van der Waals surface area contributed by atoms with Crippen LogP contribution in [0.15, 0.2) is 59.5 Å². The van der Waals surface area contributed by atoms with Gasteiger partial charge in [-0.05, 0) is 57.7 Å². The number of esters is 1. The summed E-state index contributed by atoms with van der Waals surface area (Å²) in [4.78, 5) is 49.9. The Morgan fingerprint density at radius 1 is 0.932 bits per heavy atom. The zero-order valence-corrected chi connectivity index (χ0v) is 26.1. The summed E-state index contributed by atoms with van der Waals surface area (Å²) in [5.74, 6) is -2.64. The van der Waals surface area contributed by atoms with Gasteiger partial charge in [-0.2, -0.15) is 0 Å². The van der Waals surface area contributed by atoms with Crippen LogP contribution in [0.2, 0.25) is 0 Å². The second kappa shape index (κ2) is 16.3. The van der Waals surface area contributed by atoms with Crippen molar-refractivity contribution in [3.8, 4) is 0 Å². The molecule has 2 aromatic carbocycles. The fraction of sp³-hybridized carbons (Fsp3) is 0.484. The molecule has 3 amide bonds. The number of aryl methyl sites for hydroxylation is 1. The van der Waals surface area contributed by atoms with Crippen LogP contribution in [0.3, 0.4) is 0 Å². The smallest absolute Gasteiger partial charge is 0.306 e. The molecule has 0 bridgehead atoms. The Labute approximate surface area is 258 Å². The van der Waals surface area contributed by atoms with E-state index in [1.54, 1.807) is 24.3 Å². The molecule has 12 nitrogen and oxygen atoms in total. The third-order valence-electron chi connectivity index (χ3n) is 7.38. The van der Waals surface area contributed by atoms with Crippen LogP contribution in [0, 0.1) is 6.92 Å². The molecule has 1 aliphatic rings. The van der Waals surface area contributed by atoms with Crippen LogP contribution >= 0.6 is 0 Å². The van der Waals surface area contributed by atoms with Crippen molar-refractivity contribution in [1.82, 2.24) is 15.4 Å². The Hall–Kier alpha value is -3.81. The molecular weight excluding hydrogens is 588 g/mol. The van der Waals surface area contributed by atoms with Gasteiger partial charge in [-0.15, -0.1) is 0 Å². The maximum absolute atomic E-state index is 13.0. The summed E-state index contributed by atoms with van der Waals surface area (Å²) in [7, 11) is -3.79. The molecule has 0 aliphatic heterocycles. The van der Waals surface area contributed by atoms with Gasteiger partial charge >= 0.3 is 5.97 Å². The van der Waals surface area contributed by atoms with E-state index < -0.39 is 64.0 Å². The van der Waals surface area contributed by atoms with Gasteiger partial charge in [-0.3, -0.25) is 19.2 Å². The minimum Gasteiger partial charge on any atom is -0.461 e. The number of benzene rings is 2. The fourth-order valence-corrected chi connectivity index (χ4v) is 6.05. The Morgan fingerprint density at radius 3 is 2.25 bits per heavy atom. The van der Waals surface area contributed by atoms with E-state index in [1.165, 1.54) is 13.8 Å². The molecule has 0 heterocycles.